The number of amides is 1. The Morgan fingerprint density at radius 3 is 2.64 bits per heavy atom. The third-order valence-electron chi connectivity index (χ3n) is 1.35. The highest BCUT2D eigenvalue weighted by atomic mass is 16.2. The summed E-state index contributed by atoms with van der Waals surface area (Å²) < 4.78 is 0. The Morgan fingerprint density at radius 1 is 1.45 bits per heavy atom. The van der Waals surface area contributed by atoms with Crippen molar-refractivity contribution < 1.29 is 4.79 Å². The van der Waals surface area contributed by atoms with Gasteiger partial charge in [0, 0.05) is 19.7 Å². The normalized spacial score (nSPS) is 9.27. The fourth-order valence-corrected chi connectivity index (χ4v) is 0.767. The van der Waals surface area contributed by atoms with Crippen molar-refractivity contribution >= 4 is 5.91 Å². The van der Waals surface area contributed by atoms with Gasteiger partial charge in [0.15, 0.2) is 0 Å². The van der Waals surface area contributed by atoms with Gasteiger partial charge in [-0.05, 0) is 12.1 Å². The van der Waals surface area contributed by atoms with E-state index in [2.05, 4.69) is 6.07 Å². The van der Waals surface area contributed by atoms with Crippen LogP contribution in [-0.4, -0.2) is 24.9 Å². The van der Waals surface area contributed by atoms with Crippen LogP contribution in [0.1, 0.15) is 10.4 Å². The van der Waals surface area contributed by atoms with Crippen molar-refractivity contribution in [2.24, 2.45) is 0 Å². The average Bonchev–Trinajstić information content (AvgIpc) is 2.05. The van der Waals surface area contributed by atoms with Crippen molar-refractivity contribution in [3.63, 3.8) is 0 Å². The second-order valence-corrected chi connectivity index (χ2v) is 2.48. The molecule has 0 aliphatic carbocycles. The molecular weight excluding hydrogens is 138 g/mol. The third kappa shape index (κ3) is 1.80. The number of hydrogen-bond donors (Lipinski definition) is 0. The second kappa shape index (κ2) is 3.19. The quantitative estimate of drug-likeness (QED) is 0.585. The number of carbonyl (C=O) groups excluding carboxylic acids is 1. The lowest BCUT2D eigenvalue weighted by molar-refractivity contribution is 0.0827. The van der Waals surface area contributed by atoms with E-state index in [9.17, 15) is 4.79 Å². The fourth-order valence-electron chi connectivity index (χ4n) is 0.767. The molecule has 1 rings (SSSR count). The van der Waals surface area contributed by atoms with Crippen molar-refractivity contribution in [1.29, 1.82) is 0 Å². The molecule has 0 unspecified atom stereocenters. The van der Waals surface area contributed by atoms with Crippen LogP contribution in [0.4, 0.5) is 0 Å². The Bertz CT molecular complexity index is 241. The maximum Gasteiger partial charge on any atom is 0.253 e. The summed E-state index contributed by atoms with van der Waals surface area (Å²) in [6.07, 6.45) is 0. The van der Waals surface area contributed by atoms with Crippen molar-refractivity contribution in [2.45, 2.75) is 0 Å². The molecule has 0 heterocycles. The van der Waals surface area contributed by atoms with Gasteiger partial charge in [-0.3, -0.25) is 4.79 Å². The van der Waals surface area contributed by atoms with Gasteiger partial charge in [0.2, 0.25) is 0 Å². The van der Waals surface area contributed by atoms with Gasteiger partial charge in [-0.15, -0.1) is 0 Å². The van der Waals surface area contributed by atoms with Crippen LogP contribution in [0.5, 0.6) is 0 Å². The average molecular weight is 148 g/mol. The van der Waals surface area contributed by atoms with Crippen LogP contribution in [0.3, 0.4) is 0 Å². The van der Waals surface area contributed by atoms with E-state index in [1.54, 1.807) is 26.2 Å². The first-order valence-electron chi connectivity index (χ1n) is 3.40. The van der Waals surface area contributed by atoms with Crippen LogP contribution >= 0.6 is 0 Å². The summed E-state index contributed by atoms with van der Waals surface area (Å²) in [4.78, 5) is 12.8. The van der Waals surface area contributed by atoms with Gasteiger partial charge in [-0.2, -0.15) is 0 Å². The second-order valence-electron chi connectivity index (χ2n) is 2.48. The molecule has 57 valence electrons. The lowest BCUT2D eigenvalue weighted by atomic mass is 10.2. The lowest BCUT2D eigenvalue weighted by Gasteiger charge is -2.08. The molecule has 0 bridgehead atoms. The Morgan fingerprint density at radius 2 is 2.18 bits per heavy atom. The van der Waals surface area contributed by atoms with Crippen LogP contribution in [0.2, 0.25) is 0 Å². The van der Waals surface area contributed by atoms with E-state index in [0.717, 1.165) is 0 Å². The standard InChI is InChI=1S/C9H10NO/c1-10(2)9(11)8-6-4-3-5-7-8/h3-6H,1-2H3. The molecule has 0 saturated carbocycles. The summed E-state index contributed by atoms with van der Waals surface area (Å²) in [5.74, 6) is -0.00870. The maximum atomic E-state index is 11.2. The van der Waals surface area contributed by atoms with E-state index < -0.39 is 0 Å². The zero-order valence-corrected chi connectivity index (χ0v) is 6.66. The molecule has 11 heavy (non-hydrogen) atoms. The highest BCUT2D eigenvalue weighted by Gasteiger charge is 2.05. The summed E-state index contributed by atoms with van der Waals surface area (Å²) in [5, 5.41) is 0. The summed E-state index contributed by atoms with van der Waals surface area (Å²) in [5.41, 5.74) is 0.609. The molecule has 0 saturated heterocycles. The lowest BCUT2D eigenvalue weighted by Crippen LogP contribution is -2.21. The monoisotopic (exact) mass is 148 g/mol. The first-order valence-corrected chi connectivity index (χ1v) is 3.40. The van der Waals surface area contributed by atoms with Gasteiger partial charge in [-0.25, -0.2) is 0 Å². The van der Waals surface area contributed by atoms with Crippen molar-refractivity contribution in [3.05, 3.63) is 35.9 Å². The van der Waals surface area contributed by atoms with Crippen LogP contribution in [0.15, 0.2) is 24.3 Å². The van der Waals surface area contributed by atoms with Crippen LogP contribution in [-0.2, 0) is 0 Å². The molecule has 0 atom stereocenters. The van der Waals surface area contributed by atoms with E-state index in [1.807, 2.05) is 12.1 Å². The van der Waals surface area contributed by atoms with Gasteiger partial charge in [0.25, 0.3) is 5.91 Å². The van der Waals surface area contributed by atoms with E-state index in [0.29, 0.717) is 5.56 Å². The molecule has 0 aromatic heterocycles. The first kappa shape index (κ1) is 7.79. The number of hydrogen-bond acceptors (Lipinski definition) is 1. The summed E-state index contributed by atoms with van der Waals surface area (Å²) in [6, 6.07) is 10.0. The molecular formula is C9H10NO. The molecule has 1 radical (unpaired) electrons. The molecule has 0 spiro atoms. The van der Waals surface area contributed by atoms with Crippen molar-refractivity contribution in [1.82, 2.24) is 4.90 Å². The number of nitrogens with zero attached hydrogens (tertiary/aromatic N) is 1. The zero-order chi connectivity index (χ0) is 8.27. The first-order chi connectivity index (χ1) is 5.22. The van der Waals surface area contributed by atoms with Gasteiger partial charge in [0.1, 0.15) is 0 Å². The largest absolute Gasteiger partial charge is 0.345 e. The minimum Gasteiger partial charge on any atom is -0.345 e. The van der Waals surface area contributed by atoms with Gasteiger partial charge in [0.05, 0.1) is 0 Å². The zero-order valence-electron chi connectivity index (χ0n) is 6.66. The molecule has 1 aromatic carbocycles. The summed E-state index contributed by atoms with van der Waals surface area (Å²) in [6.45, 7) is 0. The van der Waals surface area contributed by atoms with Crippen LogP contribution in [0.25, 0.3) is 0 Å². The molecule has 2 nitrogen and oxygen atoms in total. The SMILES string of the molecule is CN(C)C(=O)c1[c]cccc1. The van der Waals surface area contributed by atoms with Gasteiger partial charge in [-0.1, -0.05) is 18.2 Å². The molecule has 1 amide bonds. The van der Waals surface area contributed by atoms with E-state index >= 15 is 0 Å². The molecule has 2 heteroatoms. The van der Waals surface area contributed by atoms with Gasteiger partial charge < -0.3 is 4.90 Å². The van der Waals surface area contributed by atoms with Crippen molar-refractivity contribution in [3.8, 4) is 0 Å². The third-order valence-corrected chi connectivity index (χ3v) is 1.35. The van der Waals surface area contributed by atoms with Crippen molar-refractivity contribution in [2.75, 3.05) is 14.1 Å². The summed E-state index contributed by atoms with van der Waals surface area (Å²) in [7, 11) is 3.45. The number of benzene rings is 1. The van der Waals surface area contributed by atoms with Crippen LogP contribution < -0.4 is 0 Å². The number of rotatable bonds is 1. The molecule has 0 aliphatic heterocycles. The Labute approximate surface area is 66.4 Å². The minimum absolute atomic E-state index is 0.00870. The Hall–Kier alpha value is -1.31. The topological polar surface area (TPSA) is 20.3 Å². The highest BCUT2D eigenvalue weighted by molar-refractivity contribution is 5.93. The molecule has 1 aromatic rings. The smallest absolute Gasteiger partial charge is 0.253 e. The minimum atomic E-state index is -0.00870. The van der Waals surface area contributed by atoms with E-state index in [1.165, 1.54) is 4.90 Å². The van der Waals surface area contributed by atoms with Crippen LogP contribution in [0, 0.1) is 6.07 Å². The predicted octanol–water partition coefficient (Wildman–Crippen LogP) is 1.19. The predicted molar refractivity (Wildman–Crippen MR) is 43.3 cm³/mol. The summed E-state index contributed by atoms with van der Waals surface area (Å²) >= 11 is 0. The molecule has 0 fully saturated rings. The highest BCUT2D eigenvalue weighted by Crippen LogP contribution is 1.99. The Balaban J connectivity index is 2.86. The van der Waals surface area contributed by atoms with E-state index in [-0.39, 0.29) is 5.91 Å². The molecule has 0 N–H and O–H groups in total. The fraction of sp³-hybridized carbons (Fsp3) is 0.222. The van der Waals surface area contributed by atoms with Gasteiger partial charge >= 0.3 is 0 Å². The number of carbonyl (C=O) groups is 1. The molecule has 0 aliphatic rings. The Kier molecular flexibility index (Phi) is 2.26. The maximum absolute atomic E-state index is 11.2. The van der Waals surface area contributed by atoms with E-state index in [4.69, 9.17) is 0 Å².